The van der Waals surface area contributed by atoms with E-state index in [0.29, 0.717) is 6.61 Å². The Bertz CT molecular complexity index is 787. The largest absolute Gasteiger partial charge is 0.461 e. The van der Waals surface area contributed by atoms with Crippen LogP contribution < -0.4 is 0 Å². The minimum atomic E-state index is -0.182. The van der Waals surface area contributed by atoms with Gasteiger partial charge in [-0.05, 0) is 37.6 Å². The SMILES string of the molecule is CCOC(=O)C[N+]1=C(C)C(C)(C)c2c1ccc1ccccc21. The Labute approximate surface area is 131 Å². The van der Waals surface area contributed by atoms with Crippen molar-refractivity contribution in [2.75, 3.05) is 13.2 Å². The summed E-state index contributed by atoms with van der Waals surface area (Å²) in [5.41, 5.74) is 3.51. The molecule has 0 atom stereocenters. The first-order valence-electron chi connectivity index (χ1n) is 7.76. The molecule has 0 aromatic heterocycles. The Balaban J connectivity index is 2.17. The standard InChI is InChI=1S/C19H22NO2/c1-5-22-17(21)12-20-13(2)19(3,4)18-15-9-7-6-8-14(15)10-11-16(18)20/h6-11H,5,12H2,1-4H3/q+1. The number of carbonyl (C=O) groups is 1. The predicted octanol–water partition coefficient (Wildman–Crippen LogP) is 3.80. The quantitative estimate of drug-likeness (QED) is 0.637. The van der Waals surface area contributed by atoms with Gasteiger partial charge in [0, 0.05) is 18.6 Å². The molecule has 1 heterocycles. The summed E-state index contributed by atoms with van der Waals surface area (Å²) >= 11 is 0. The van der Waals surface area contributed by atoms with Crippen molar-refractivity contribution in [3.8, 4) is 0 Å². The van der Waals surface area contributed by atoms with Crippen molar-refractivity contribution in [1.82, 2.24) is 0 Å². The zero-order valence-electron chi connectivity index (χ0n) is 13.6. The Hall–Kier alpha value is -2.16. The fraction of sp³-hybridized carbons (Fsp3) is 0.368. The summed E-state index contributed by atoms with van der Waals surface area (Å²) in [4.78, 5) is 12.0. The zero-order valence-corrected chi connectivity index (χ0v) is 13.6. The number of carbonyl (C=O) groups excluding carboxylic acids is 1. The summed E-state index contributed by atoms with van der Waals surface area (Å²) in [6.45, 7) is 9.07. The highest BCUT2D eigenvalue weighted by atomic mass is 16.5. The third-order valence-corrected chi connectivity index (χ3v) is 4.72. The molecule has 2 aromatic carbocycles. The number of esters is 1. The van der Waals surface area contributed by atoms with Crippen molar-refractivity contribution in [2.45, 2.75) is 33.1 Å². The lowest BCUT2D eigenvalue weighted by Crippen LogP contribution is -2.29. The van der Waals surface area contributed by atoms with Gasteiger partial charge in [-0.3, -0.25) is 0 Å². The molecule has 0 fully saturated rings. The van der Waals surface area contributed by atoms with E-state index in [-0.39, 0.29) is 17.9 Å². The van der Waals surface area contributed by atoms with E-state index in [1.165, 1.54) is 22.0 Å². The van der Waals surface area contributed by atoms with Crippen molar-refractivity contribution < 1.29 is 14.1 Å². The maximum atomic E-state index is 12.0. The van der Waals surface area contributed by atoms with Crippen LogP contribution in [0.1, 0.15) is 33.3 Å². The summed E-state index contributed by atoms with van der Waals surface area (Å²) in [6, 6.07) is 12.7. The molecule has 2 aromatic rings. The maximum Gasteiger partial charge on any atom is 0.372 e. The van der Waals surface area contributed by atoms with Crippen LogP contribution in [-0.2, 0) is 14.9 Å². The van der Waals surface area contributed by atoms with Crippen LogP contribution in [0.2, 0.25) is 0 Å². The van der Waals surface area contributed by atoms with Gasteiger partial charge in [-0.2, -0.15) is 4.58 Å². The van der Waals surface area contributed by atoms with Gasteiger partial charge in [-0.1, -0.05) is 24.3 Å². The minimum absolute atomic E-state index is 0.0946. The average molecular weight is 296 g/mol. The van der Waals surface area contributed by atoms with Gasteiger partial charge in [-0.25, -0.2) is 4.79 Å². The predicted molar refractivity (Wildman–Crippen MR) is 89.1 cm³/mol. The molecule has 0 spiro atoms. The van der Waals surface area contributed by atoms with Gasteiger partial charge < -0.3 is 4.74 Å². The fourth-order valence-corrected chi connectivity index (χ4v) is 3.38. The Morgan fingerprint density at radius 1 is 1.18 bits per heavy atom. The number of fused-ring (bicyclic) bond motifs is 3. The van der Waals surface area contributed by atoms with E-state index in [1.54, 1.807) is 0 Å². The molecule has 0 N–H and O–H groups in total. The molecule has 1 aliphatic heterocycles. The molecule has 3 rings (SSSR count). The zero-order chi connectivity index (χ0) is 15.9. The van der Waals surface area contributed by atoms with Crippen LogP contribution in [0, 0.1) is 0 Å². The molecule has 22 heavy (non-hydrogen) atoms. The topological polar surface area (TPSA) is 29.3 Å². The highest BCUT2D eigenvalue weighted by molar-refractivity contribution is 6.02. The maximum absolute atomic E-state index is 12.0. The van der Waals surface area contributed by atoms with Crippen molar-refractivity contribution in [3.05, 3.63) is 42.0 Å². The van der Waals surface area contributed by atoms with Crippen molar-refractivity contribution >= 4 is 28.1 Å². The molecule has 0 radical (unpaired) electrons. The molecule has 0 amide bonds. The van der Waals surface area contributed by atoms with E-state index in [9.17, 15) is 4.79 Å². The van der Waals surface area contributed by atoms with E-state index in [0.717, 1.165) is 5.69 Å². The Morgan fingerprint density at radius 2 is 1.91 bits per heavy atom. The summed E-state index contributed by atoms with van der Waals surface area (Å²) in [7, 11) is 0. The van der Waals surface area contributed by atoms with Gasteiger partial charge in [0.05, 0.1) is 12.0 Å². The minimum Gasteiger partial charge on any atom is -0.461 e. The molecule has 114 valence electrons. The molecule has 3 nitrogen and oxygen atoms in total. The number of ether oxygens (including phenoxy) is 1. The number of hydrogen-bond acceptors (Lipinski definition) is 2. The van der Waals surface area contributed by atoms with Crippen LogP contribution in [0.4, 0.5) is 5.69 Å². The summed E-state index contributed by atoms with van der Waals surface area (Å²) < 4.78 is 7.23. The van der Waals surface area contributed by atoms with E-state index in [1.807, 2.05) is 6.92 Å². The van der Waals surface area contributed by atoms with Crippen LogP contribution in [0.25, 0.3) is 10.8 Å². The molecule has 0 unspecified atom stereocenters. The third kappa shape index (κ3) is 2.12. The molecule has 3 heteroatoms. The first kappa shape index (κ1) is 14.8. The normalized spacial score (nSPS) is 16.0. The van der Waals surface area contributed by atoms with E-state index in [2.05, 4.69) is 61.7 Å². The van der Waals surface area contributed by atoms with E-state index < -0.39 is 0 Å². The van der Waals surface area contributed by atoms with Gasteiger partial charge in [0.1, 0.15) is 0 Å². The number of benzene rings is 2. The number of nitrogens with zero attached hydrogens (tertiary/aromatic N) is 1. The van der Waals surface area contributed by atoms with Crippen molar-refractivity contribution in [1.29, 1.82) is 0 Å². The van der Waals surface area contributed by atoms with Gasteiger partial charge in [0.25, 0.3) is 0 Å². The highest BCUT2D eigenvalue weighted by Gasteiger charge is 2.44. The molecule has 0 aliphatic carbocycles. The third-order valence-electron chi connectivity index (χ3n) is 4.72. The molecular weight excluding hydrogens is 274 g/mol. The fourth-order valence-electron chi connectivity index (χ4n) is 3.38. The molecule has 0 saturated carbocycles. The molecule has 1 aliphatic rings. The smallest absolute Gasteiger partial charge is 0.372 e. The van der Waals surface area contributed by atoms with Crippen LogP contribution in [0.15, 0.2) is 36.4 Å². The second kappa shape index (κ2) is 5.24. The van der Waals surface area contributed by atoms with Gasteiger partial charge >= 0.3 is 5.97 Å². The summed E-state index contributed by atoms with van der Waals surface area (Å²) in [5, 5.41) is 2.50. The highest BCUT2D eigenvalue weighted by Crippen LogP contribution is 2.43. The monoisotopic (exact) mass is 296 g/mol. The Kier molecular flexibility index (Phi) is 3.51. The Morgan fingerprint density at radius 3 is 2.64 bits per heavy atom. The van der Waals surface area contributed by atoms with E-state index >= 15 is 0 Å². The van der Waals surface area contributed by atoms with Crippen molar-refractivity contribution in [2.24, 2.45) is 0 Å². The van der Waals surface area contributed by atoms with Gasteiger partial charge in [0.2, 0.25) is 12.2 Å². The van der Waals surface area contributed by atoms with Gasteiger partial charge in [0.15, 0.2) is 5.71 Å². The lowest BCUT2D eigenvalue weighted by molar-refractivity contribution is -0.429. The molecular formula is C19H22NO2+. The summed E-state index contributed by atoms with van der Waals surface area (Å²) in [5.74, 6) is -0.182. The van der Waals surface area contributed by atoms with Crippen molar-refractivity contribution in [3.63, 3.8) is 0 Å². The average Bonchev–Trinajstić information content (AvgIpc) is 2.69. The second-order valence-corrected chi connectivity index (χ2v) is 6.28. The summed E-state index contributed by atoms with van der Waals surface area (Å²) in [6.07, 6.45) is 0. The first-order valence-corrected chi connectivity index (χ1v) is 7.76. The van der Waals surface area contributed by atoms with Crippen LogP contribution in [-0.4, -0.2) is 29.4 Å². The molecule has 0 bridgehead atoms. The van der Waals surface area contributed by atoms with Gasteiger partial charge in [-0.15, -0.1) is 0 Å². The number of hydrogen-bond donors (Lipinski definition) is 0. The molecule has 0 saturated heterocycles. The van der Waals surface area contributed by atoms with Crippen LogP contribution >= 0.6 is 0 Å². The number of rotatable bonds is 3. The second-order valence-electron chi connectivity index (χ2n) is 6.28. The van der Waals surface area contributed by atoms with Crippen LogP contribution in [0.3, 0.4) is 0 Å². The van der Waals surface area contributed by atoms with Crippen LogP contribution in [0.5, 0.6) is 0 Å². The first-order chi connectivity index (χ1) is 10.5. The lowest BCUT2D eigenvalue weighted by atomic mass is 9.80. The lowest BCUT2D eigenvalue weighted by Gasteiger charge is -2.17. The van der Waals surface area contributed by atoms with E-state index in [4.69, 9.17) is 4.74 Å².